The summed E-state index contributed by atoms with van der Waals surface area (Å²) in [6, 6.07) is 5.77. The molecule has 176 valence electrons. The normalized spacial score (nSPS) is 17.3. The van der Waals surface area contributed by atoms with Crippen molar-refractivity contribution >= 4 is 15.9 Å². The molecule has 0 aliphatic carbocycles. The van der Waals surface area contributed by atoms with E-state index < -0.39 is 10.0 Å². The molecule has 1 aromatic heterocycles. The molecule has 0 saturated carbocycles. The molecule has 10 heteroatoms. The Balaban J connectivity index is 1.57. The van der Waals surface area contributed by atoms with E-state index in [-0.39, 0.29) is 29.4 Å². The highest BCUT2D eigenvalue weighted by molar-refractivity contribution is 7.89. The number of nitrogens with zero attached hydrogens (tertiary/aromatic N) is 3. The Hall–Kier alpha value is -2.59. The summed E-state index contributed by atoms with van der Waals surface area (Å²) in [6.07, 6.45) is 5.01. The minimum Gasteiger partial charge on any atom is -0.493 e. The van der Waals surface area contributed by atoms with Gasteiger partial charge in [-0.05, 0) is 50.8 Å². The Bertz CT molecular complexity index is 1030. The Morgan fingerprint density at radius 3 is 2.66 bits per heavy atom. The number of benzene rings is 1. The summed E-state index contributed by atoms with van der Waals surface area (Å²) in [5, 5.41) is 2.97. The molecule has 2 aromatic rings. The summed E-state index contributed by atoms with van der Waals surface area (Å²) in [5.41, 5.74) is 1.01. The second-order valence-corrected chi connectivity index (χ2v) is 10.1. The SMILES string of the molecule is COc1ccc(CCNC(=O)[C@@H]2CCCN(S(=O)(=O)c3cn(C(C)C)cn3)C2)cc1OC. The molecule has 0 bridgehead atoms. The number of methoxy groups -OCH3 is 2. The highest BCUT2D eigenvalue weighted by Crippen LogP contribution is 2.28. The van der Waals surface area contributed by atoms with Crippen molar-refractivity contribution in [2.45, 2.75) is 44.2 Å². The number of rotatable bonds is 9. The zero-order valence-corrected chi connectivity index (χ0v) is 19.9. The fourth-order valence-corrected chi connectivity index (χ4v) is 5.20. The zero-order valence-electron chi connectivity index (χ0n) is 19.1. The number of imidazole rings is 1. The van der Waals surface area contributed by atoms with Crippen molar-refractivity contribution in [2.75, 3.05) is 33.9 Å². The maximum Gasteiger partial charge on any atom is 0.262 e. The van der Waals surface area contributed by atoms with E-state index in [0.717, 1.165) is 5.56 Å². The van der Waals surface area contributed by atoms with Crippen LogP contribution in [0.4, 0.5) is 0 Å². The summed E-state index contributed by atoms with van der Waals surface area (Å²) in [7, 11) is -0.556. The number of hydrogen-bond acceptors (Lipinski definition) is 6. The van der Waals surface area contributed by atoms with Crippen molar-refractivity contribution in [1.29, 1.82) is 0 Å². The quantitative estimate of drug-likeness (QED) is 0.611. The van der Waals surface area contributed by atoms with Gasteiger partial charge in [0.1, 0.15) is 0 Å². The van der Waals surface area contributed by atoms with Crippen LogP contribution in [0.3, 0.4) is 0 Å². The van der Waals surface area contributed by atoms with E-state index in [1.54, 1.807) is 25.0 Å². The molecule has 0 unspecified atom stereocenters. The van der Waals surface area contributed by atoms with Crippen LogP contribution >= 0.6 is 0 Å². The molecule has 1 aliphatic heterocycles. The van der Waals surface area contributed by atoms with E-state index in [1.807, 2.05) is 32.0 Å². The summed E-state index contributed by atoms with van der Waals surface area (Å²) in [4.78, 5) is 16.8. The molecule has 1 saturated heterocycles. The standard InChI is InChI=1S/C22H32N4O5S/c1-16(2)25-14-21(24-15-25)32(28,29)26-11-5-6-18(13-26)22(27)23-10-9-17-7-8-19(30-3)20(12-17)31-4/h7-8,12,14-16,18H,5-6,9-11,13H2,1-4H3,(H,23,27)/t18-/m1/s1. The van der Waals surface area contributed by atoms with Gasteiger partial charge in [0.25, 0.3) is 10.0 Å². The number of sulfonamides is 1. The summed E-state index contributed by atoms with van der Waals surface area (Å²) < 4.78 is 39.7. The molecule has 2 heterocycles. The summed E-state index contributed by atoms with van der Waals surface area (Å²) in [5.74, 6) is 0.792. The van der Waals surface area contributed by atoms with Crippen LogP contribution < -0.4 is 14.8 Å². The minimum absolute atomic E-state index is 0.0284. The van der Waals surface area contributed by atoms with Gasteiger partial charge >= 0.3 is 0 Å². The monoisotopic (exact) mass is 464 g/mol. The van der Waals surface area contributed by atoms with Crippen molar-refractivity contribution in [3.8, 4) is 11.5 Å². The average Bonchev–Trinajstić information content (AvgIpc) is 3.30. The predicted octanol–water partition coefficient (Wildman–Crippen LogP) is 2.24. The van der Waals surface area contributed by atoms with E-state index in [1.165, 1.54) is 10.6 Å². The number of hydrogen-bond donors (Lipinski definition) is 1. The second kappa shape index (κ2) is 10.4. The van der Waals surface area contributed by atoms with Gasteiger partial charge in [-0.2, -0.15) is 4.31 Å². The van der Waals surface area contributed by atoms with Gasteiger partial charge in [-0.1, -0.05) is 6.07 Å². The smallest absolute Gasteiger partial charge is 0.262 e. The molecule has 1 atom stereocenters. The first-order chi connectivity index (χ1) is 15.3. The Morgan fingerprint density at radius 1 is 1.25 bits per heavy atom. The average molecular weight is 465 g/mol. The Morgan fingerprint density at radius 2 is 2.00 bits per heavy atom. The van der Waals surface area contributed by atoms with E-state index in [9.17, 15) is 13.2 Å². The number of ether oxygens (including phenoxy) is 2. The van der Waals surface area contributed by atoms with Gasteiger partial charge in [-0.15, -0.1) is 0 Å². The number of nitrogens with one attached hydrogen (secondary N) is 1. The largest absolute Gasteiger partial charge is 0.493 e. The highest BCUT2D eigenvalue weighted by atomic mass is 32.2. The molecule has 0 spiro atoms. The minimum atomic E-state index is -3.72. The number of piperidine rings is 1. The van der Waals surface area contributed by atoms with E-state index in [4.69, 9.17) is 9.47 Å². The molecule has 1 amide bonds. The van der Waals surface area contributed by atoms with Gasteiger partial charge in [0.2, 0.25) is 5.91 Å². The maximum absolute atomic E-state index is 13.0. The number of carbonyl (C=O) groups is 1. The first kappa shape index (κ1) is 24.1. The molecule has 32 heavy (non-hydrogen) atoms. The third-order valence-corrected chi connectivity index (χ3v) is 7.44. The number of aromatic nitrogens is 2. The van der Waals surface area contributed by atoms with Crippen molar-refractivity contribution in [3.05, 3.63) is 36.3 Å². The summed E-state index contributed by atoms with van der Waals surface area (Å²) >= 11 is 0. The van der Waals surface area contributed by atoms with Crippen LogP contribution in [0, 0.1) is 5.92 Å². The number of carbonyl (C=O) groups excluding carboxylic acids is 1. The fraction of sp³-hybridized carbons (Fsp3) is 0.545. The van der Waals surface area contributed by atoms with E-state index >= 15 is 0 Å². The van der Waals surface area contributed by atoms with Crippen LogP contribution in [-0.4, -0.2) is 62.0 Å². The highest BCUT2D eigenvalue weighted by Gasteiger charge is 2.34. The molecule has 1 fully saturated rings. The molecule has 1 aromatic carbocycles. The van der Waals surface area contributed by atoms with Gasteiger partial charge < -0.3 is 19.4 Å². The Kier molecular flexibility index (Phi) is 7.78. The summed E-state index contributed by atoms with van der Waals surface area (Å²) in [6.45, 7) is 4.93. The van der Waals surface area contributed by atoms with Gasteiger partial charge in [-0.3, -0.25) is 4.79 Å². The van der Waals surface area contributed by atoms with Gasteiger partial charge in [0.05, 0.1) is 26.5 Å². The van der Waals surface area contributed by atoms with Crippen molar-refractivity contribution in [3.63, 3.8) is 0 Å². The lowest BCUT2D eigenvalue weighted by atomic mass is 9.99. The van der Waals surface area contributed by atoms with Crippen LogP contribution in [0.5, 0.6) is 11.5 Å². The first-order valence-corrected chi connectivity index (χ1v) is 12.2. The third kappa shape index (κ3) is 5.42. The Labute approximate surface area is 189 Å². The van der Waals surface area contributed by atoms with Crippen LogP contribution in [0.2, 0.25) is 0 Å². The van der Waals surface area contributed by atoms with Crippen LogP contribution in [0.25, 0.3) is 0 Å². The molecule has 3 rings (SSSR count). The van der Waals surface area contributed by atoms with Crippen LogP contribution in [-0.2, 0) is 21.2 Å². The lowest BCUT2D eigenvalue weighted by molar-refractivity contribution is -0.126. The first-order valence-electron chi connectivity index (χ1n) is 10.8. The molecule has 9 nitrogen and oxygen atoms in total. The molecular formula is C22H32N4O5S. The maximum atomic E-state index is 13.0. The van der Waals surface area contributed by atoms with E-state index in [2.05, 4.69) is 10.3 Å². The van der Waals surface area contributed by atoms with Gasteiger partial charge in [-0.25, -0.2) is 13.4 Å². The molecular weight excluding hydrogens is 432 g/mol. The number of amides is 1. The molecule has 1 N–H and O–H groups in total. The van der Waals surface area contributed by atoms with Crippen LogP contribution in [0.15, 0.2) is 35.7 Å². The zero-order chi connectivity index (χ0) is 23.3. The van der Waals surface area contributed by atoms with Crippen LogP contribution in [0.1, 0.15) is 38.3 Å². The molecule has 1 aliphatic rings. The van der Waals surface area contributed by atoms with Gasteiger partial charge in [0.15, 0.2) is 16.5 Å². The van der Waals surface area contributed by atoms with Crippen molar-refractivity contribution < 1.29 is 22.7 Å². The van der Waals surface area contributed by atoms with E-state index in [0.29, 0.717) is 43.9 Å². The van der Waals surface area contributed by atoms with Crippen molar-refractivity contribution in [1.82, 2.24) is 19.2 Å². The van der Waals surface area contributed by atoms with Crippen molar-refractivity contribution in [2.24, 2.45) is 5.92 Å². The predicted molar refractivity (Wildman–Crippen MR) is 120 cm³/mol. The fourth-order valence-electron chi connectivity index (χ4n) is 3.75. The molecule has 0 radical (unpaired) electrons. The lowest BCUT2D eigenvalue weighted by Crippen LogP contribution is -2.45. The van der Waals surface area contributed by atoms with Gasteiger partial charge in [0, 0.05) is 31.9 Å². The topological polar surface area (TPSA) is 103 Å². The lowest BCUT2D eigenvalue weighted by Gasteiger charge is -2.30. The second-order valence-electron chi connectivity index (χ2n) is 8.19. The third-order valence-electron chi connectivity index (χ3n) is 5.69.